The number of nitrogens with two attached hydrogens (primary N) is 1. The van der Waals surface area contributed by atoms with Crippen LogP contribution in [-0.2, 0) is 9.59 Å². The summed E-state index contributed by atoms with van der Waals surface area (Å²) in [5.41, 5.74) is 5.72. The van der Waals surface area contributed by atoms with Crippen LogP contribution in [0.1, 0.15) is 44.9 Å². The maximum Gasteiger partial charge on any atom is 0.225 e. The van der Waals surface area contributed by atoms with Gasteiger partial charge in [-0.2, -0.15) is 0 Å². The maximum atomic E-state index is 12.3. The minimum Gasteiger partial charge on any atom is -0.352 e. The first-order valence-corrected chi connectivity index (χ1v) is 7.99. The van der Waals surface area contributed by atoms with Crippen molar-refractivity contribution in [2.75, 3.05) is 13.1 Å². The zero-order valence-electron chi connectivity index (χ0n) is 12.0. The Kier molecular flexibility index (Phi) is 3.96. The standard InChI is InChI=1S/C15H25N3O2/c16-8-13(10-5-6-10)17-15(20)11-7-14(19)18(9-11)12-3-1-2-4-12/h10-13H,1-9,16H2,(H,17,20). The molecule has 0 radical (unpaired) electrons. The molecule has 112 valence electrons. The maximum absolute atomic E-state index is 12.3. The summed E-state index contributed by atoms with van der Waals surface area (Å²) in [6.45, 7) is 1.11. The van der Waals surface area contributed by atoms with E-state index in [4.69, 9.17) is 5.73 Å². The Morgan fingerprint density at radius 2 is 2.00 bits per heavy atom. The Balaban J connectivity index is 1.54. The van der Waals surface area contributed by atoms with Gasteiger partial charge in [-0.25, -0.2) is 0 Å². The Labute approximate surface area is 120 Å². The number of nitrogens with one attached hydrogen (secondary N) is 1. The van der Waals surface area contributed by atoms with E-state index in [9.17, 15) is 9.59 Å². The second-order valence-electron chi connectivity index (χ2n) is 6.57. The lowest BCUT2D eigenvalue weighted by Gasteiger charge is -2.24. The molecule has 20 heavy (non-hydrogen) atoms. The third-order valence-corrected chi connectivity index (χ3v) is 5.07. The lowest BCUT2D eigenvalue weighted by molar-refractivity contribution is -0.130. The topological polar surface area (TPSA) is 75.4 Å². The first kappa shape index (κ1) is 13.9. The summed E-state index contributed by atoms with van der Waals surface area (Å²) in [6.07, 6.45) is 7.34. The first-order valence-electron chi connectivity index (χ1n) is 7.99. The smallest absolute Gasteiger partial charge is 0.225 e. The largest absolute Gasteiger partial charge is 0.352 e. The van der Waals surface area contributed by atoms with Crippen LogP contribution in [0.5, 0.6) is 0 Å². The molecule has 3 N–H and O–H groups in total. The fraction of sp³-hybridized carbons (Fsp3) is 0.867. The van der Waals surface area contributed by atoms with E-state index in [0.717, 1.165) is 12.8 Å². The lowest BCUT2D eigenvalue weighted by Crippen LogP contribution is -2.45. The number of carbonyl (C=O) groups excluding carboxylic acids is 2. The number of rotatable bonds is 5. The van der Waals surface area contributed by atoms with Crippen molar-refractivity contribution in [1.82, 2.24) is 10.2 Å². The Morgan fingerprint density at radius 1 is 1.30 bits per heavy atom. The molecule has 2 amide bonds. The van der Waals surface area contributed by atoms with Gasteiger partial charge in [0.05, 0.1) is 5.92 Å². The van der Waals surface area contributed by atoms with Crippen LogP contribution in [0, 0.1) is 11.8 Å². The number of amides is 2. The normalized spacial score (nSPS) is 28.9. The van der Waals surface area contributed by atoms with Crippen LogP contribution in [-0.4, -0.2) is 41.9 Å². The predicted molar refractivity (Wildman–Crippen MR) is 75.8 cm³/mol. The molecule has 3 rings (SSSR count). The average molecular weight is 279 g/mol. The van der Waals surface area contributed by atoms with Gasteiger partial charge in [-0.15, -0.1) is 0 Å². The molecule has 1 heterocycles. The fourth-order valence-electron chi connectivity index (χ4n) is 3.64. The minimum absolute atomic E-state index is 0.0289. The van der Waals surface area contributed by atoms with Crippen molar-refractivity contribution in [2.45, 2.75) is 57.0 Å². The molecule has 3 fully saturated rings. The summed E-state index contributed by atoms with van der Waals surface area (Å²) < 4.78 is 0. The Bertz CT molecular complexity index is 389. The molecule has 5 nitrogen and oxygen atoms in total. The molecule has 2 aliphatic carbocycles. The van der Waals surface area contributed by atoms with Crippen LogP contribution in [0.15, 0.2) is 0 Å². The van der Waals surface area contributed by atoms with Gasteiger partial charge >= 0.3 is 0 Å². The van der Waals surface area contributed by atoms with Gasteiger partial charge in [-0.3, -0.25) is 9.59 Å². The summed E-state index contributed by atoms with van der Waals surface area (Å²) in [6, 6.07) is 0.493. The molecular weight excluding hydrogens is 254 g/mol. The molecule has 0 spiro atoms. The monoisotopic (exact) mass is 279 g/mol. The molecule has 2 saturated carbocycles. The van der Waals surface area contributed by atoms with E-state index in [0.29, 0.717) is 31.5 Å². The van der Waals surface area contributed by atoms with Gasteiger partial charge in [0.2, 0.25) is 11.8 Å². The zero-order valence-corrected chi connectivity index (χ0v) is 12.0. The van der Waals surface area contributed by atoms with Crippen LogP contribution in [0.4, 0.5) is 0 Å². The van der Waals surface area contributed by atoms with Crippen LogP contribution < -0.4 is 11.1 Å². The minimum atomic E-state index is -0.170. The Morgan fingerprint density at radius 3 is 2.60 bits per heavy atom. The van der Waals surface area contributed by atoms with Crippen molar-refractivity contribution >= 4 is 11.8 Å². The summed E-state index contributed by atoms with van der Waals surface area (Å²) in [7, 11) is 0. The van der Waals surface area contributed by atoms with Crippen molar-refractivity contribution < 1.29 is 9.59 Å². The fourth-order valence-corrected chi connectivity index (χ4v) is 3.64. The molecule has 0 aromatic rings. The van der Waals surface area contributed by atoms with Gasteiger partial charge in [0.1, 0.15) is 0 Å². The van der Waals surface area contributed by atoms with Gasteiger partial charge in [-0.1, -0.05) is 12.8 Å². The molecule has 1 saturated heterocycles. The highest BCUT2D eigenvalue weighted by molar-refractivity contribution is 5.89. The number of nitrogens with zero attached hydrogens (tertiary/aromatic N) is 1. The van der Waals surface area contributed by atoms with Crippen LogP contribution in [0.3, 0.4) is 0 Å². The average Bonchev–Trinajstić information content (AvgIpc) is 2.99. The summed E-state index contributed by atoms with van der Waals surface area (Å²) in [5.74, 6) is 0.580. The molecular formula is C15H25N3O2. The molecule has 2 unspecified atom stereocenters. The first-order chi connectivity index (χ1) is 9.69. The summed E-state index contributed by atoms with van der Waals surface area (Å²) in [4.78, 5) is 26.4. The van der Waals surface area contributed by atoms with Crippen molar-refractivity contribution in [3.63, 3.8) is 0 Å². The van der Waals surface area contributed by atoms with Gasteiger partial charge in [0.15, 0.2) is 0 Å². The van der Waals surface area contributed by atoms with E-state index in [1.54, 1.807) is 0 Å². The SMILES string of the molecule is NCC(NC(=O)C1CC(=O)N(C2CCCC2)C1)C1CC1. The van der Waals surface area contributed by atoms with Crippen molar-refractivity contribution in [3.05, 3.63) is 0 Å². The molecule has 0 aromatic heterocycles. The Hall–Kier alpha value is -1.10. The van der Waals surface area contributed by atoms with E-state index < -0.39 is 0 Å². The van der Waals surface area contributed by atoms with E-state index in [1.807, 2.05) is 4.90 Å². The third-order valence-electron chi connectivity index (χ3n) is 5.07. The van der Waals surface area contributed by atoms with Crippen LogP contribution in [0.2, 0.25) is 0 Å². The highest BCUT2D eigenvalue weighted by Gasteiger charge is 2.40. The molecule has 2 atom stereocenters. The summed E-state index contributed by atoms with van der Waals surface area (Å²) in [5, 5.41) is 3.06. The van der Waals surface area contributed by atoms with E-state index in [-0.39, 0.29) is 23.8 Å². The highest BCUT2D eigenvalue weighted by atomic mass is 16.2. The van der Waals surface area contributed by atoms with Crippen molar-refractivity contribution in [3.8, 4) is 0 Å². The van der Waals surface area contributed by atoms with Crippen LogP contribution in [0.25, 0.3) is 0 Å². The highest BCUT2D eigenvalue weighted by Crippen LogP contribution is 2.33. The second kappa shape index (κ2) is 5.72. The molecule has 0 aromatic carbocycles. The molecule has 1 aliphatic heterocycles. The van der Waals surface area contributed by atoms with Gasteiger partial charge in [-0.05, 0) is 31.6 Å². The van der Waals surface area contributed by atoms with Gasteiger partial charge in [0, 0.05) is 31.6 Å². The van der Waals surface area contributed by atoms with Crippen LogP contribution >= 0.6 is 0 Å². The molecule has 0 bridgehead atoms. The molecule has 5 heteroatoms. The van der Waals surface area contributed by atoms with Crippen molar-refractivity contribution in [1.29, 1.82) is 0 Å². The quantitative estimate of drug-likeness (QED) is 0.775. The number of hydrogen-bond donors (Lipinski definition) is 2. The number of carbonyl (C=O) groups is 2. The van der Waals surface area contributed by atoms with E-state index in [1.165, 1.54) is 25.7 Å². The second-order valence-corrected chi connectivity index (χ2v) is 6.57. The van der Waals surface area contributed by atoms with Gasteiger partial charge in [0.25, 0.3) is 0 Å². The third kappa shape index (κ3) is 2.82. The summed E-state index contributed by atoms with van der Waals surface area (Å²) >= 11 is 0. The van der Waals surface area contributed by atoms with Gasteiger partial charge < -0.3 is 16.0 Å². The zero-order chi connectivity index (χ0) is 14.1. The van der Waals surface area contributed by atoms with E-state index >= 15 is 0 Å². The molecule has 3 aliphatic rings. The van der Waals surface area contributed by atoms with E-state index in [2.05, 4.69) is 5.32 Å². The number of hydrogen-bond acceptors (Lipinski definition) is 3. The lowest BCUT2D eigenvalue weighted by atomic mass is 10.1. The predicted octanol–water partition coefficient (Wildman–Crippen LogP) is 0.631. The van der Waals surface area contributed by atoms with Crippen molar-refractivity contribution in [2.24, 2.45) is 17.6 Å². The number of likely N-dealkylation sites (tertiary alicyclic amines) is 1.